The first-order valence-electron chi connectivity index (χ1n) is 4.70. The molecule has 4 heteroatoms. The van der Waals surface area contributed by atoms with Crippen molar-refractivity contribution in [3.63, 3.8) is 0 Å². The lowest BCUT2D eigenvalue weighted by Gasteiger charge is -2.01. The molecule has 2 aromatic carbocycles. The lowest BCUT2D eigenvalue weighted by molar-refractivity contribution is 0.475. The van der Waals surface area contributed by atoms with Gasteiger partial charge in [0.05, 0.1) is 0 Å². The third kappa shape index (κ3) is 2.87. The van der Waals surface area contributed by atoms with E-state index >= 15 is 0 Å². The summed E-state index contributed by atoms with van der Waals surface area (Å²) in [6, 6.07) is 16.0. The Hall–Kier alpha value is -1.26. The Kier molecular flexibility index (Phi) is 3.64. The maximum Gasteiger partial charge on any atom is 0.117 e. The molecule has 0 saturated carbocycles. The minimum Gasteiger partial charge on any atom is -0.508 e. The Morgan fingerprint density at radius 1 is 0.938 bits per heavy atom. The van der Waals surface area contributed by atoms with Crippen LogP contribution in [0.1, 0.15) is 0 Å². The monoisotopic (exact) mass is 250 g/mol. The van der Waals surface area contributed by atoms with E-state index in [-0.39, 0.29) is 5.75 Å². The fourth-order valence-corrected chi connectivity index (χ4v) is 3.55. The molecular formula is C12H10O2S2. The molecule has 16 heavy (non-hydrogen) atoms. The van der Waals surface area contributed by atoms with Crippen molar-refractivity contribution in [2.45, 2.75) is 9.79 Å². The molecule has 0 fully saturated rings. The fraction of sp³-hybridized carbons (Fsp3) is 0. The van der Waals surface area contributed by atoms with Crippen LogP contribution in [0.25, 0.3) is 0 Å². The quantitative estimate of drug-likeness (QED) is 0.850. The van der Waals surface area contributed by atoms with Gasteiger partial charge >= 0.3 is 0 Å². The van der Waals surface area contributed by atoms with E-state index in [0.29, 0.717) is 0 Å². The van der Waals surface area contributed by atoms with Crippen LogP contribution < -0.4 is 0 Å². The van der Waals surface area contributed by atoms with Crippen LogP contribution in [0.4, 0.5) is 0 Å². The first-order valence-corrected chi connectivity index (χ1v) is 7.18. The highest BCUT2D eigenvalue weighted by Crippen LogP contribution is 2.27. The molecule has 0 aliphatic rings. The minimum absolute atomic E-state index is 0.217. The van der Waals surface area contributed by atoms with E-state index in [9.17, 15) is 4.21 Å². The molecule has 0 bridgehead atoms. The molecule has 1 unspecified atom stereocenters. The smallest absolute Gasteiger partial charge is 0.117 e. The van der Waals surface area contributed by atoms with E-state index in [1.165, 1.54) is 10.8 Å². The normalized spacial score (nSPS) is 12.2. The van der Waals surface area contributed by atoms with Gasteiger partial charge < -0.3 is 5.11 Å². The van der Waals surface area contributed by atoms with Gasteiger partial charge in [-0.25, -0.2) is 4.21 Å². The van der Waals surface area contributed by atoms with Crippen molar-refractivity contribution in [1.82, 2.24) is 0 Å². The van der Waals surface area contributed by atoms with Gasteiger partial charge in [0.2, 0.25) is 0 Å². The molecule has 0 heterocycles. The van der Waals surface area contributed by atoms with Gasteiger partial charge in [-0.3, -0.25) is 0 Å². The highest BCUT2D eigenvalue weighted by molar-refractivity contribution is 8.69. The topological polar surface area (TPSA) is 37.3 Å². The standard InChI is InChI=1S/C12H10O2S2/c13-10-6-8-11(9-7-10)15-16(14)12-4-2-1-3-5-12/h1-9,13H. The lowest BCUT2D eigenvalue weighted by atomic mass is 10.3. The predicted molar refractivity (Wildman–Crippen MR) is 66.8 cm³/mol. The summed E-state index contributed by atoms with van der Waals surface area (Å²) in [5, 5.41) is 9.12. The highest BCUT2D eigenvalue weighted by Gasteiger charge is 2.05. The van der Waals surface area contributed by atoms with Crippen molar-refractivity contribution < 1.29 is 9.32 Å². The molecule has 0 saturated heterocycles. The molecule has 0 aliphatic carbocycles. The number of phenols is 1. The first kappa shape index (κ1) is 11.2. The van der Waals surface area contributed by atoms with Gasteiger partial charge in [0, 0.05) is 9.79 Å². The van der Waals surface area contributed by atoms with Crippen LogP contribution in [0.3, 0.4) is 0 Å². The van der Waals surface area contributed by atoms with E-state index < -0.39 is 9.83 Å². The molecule has 0 aromatic heterocycles. The Morgan fingerprint density at radius 2 is 1.56 bits per heavy atom. The van der Waals surface area contributed by atoms with Crippen LogP contribution in [0, 0.1) is 0 Å². The van der Waals surface area contributed by atoms with Crippen molar-refractivity contribution in [1.29, 1.82) is 0 Å². The van der Waals surface area contributed by atoms with Crippen LogP contribution in [0.5, 0.6) is 5.75 Å². The summed E-state index contributed by atoms with van der Waals surface area (Å²) in [5.74, 6) is 0.217. The van der Waals surface area contributed by atoms with Crippen LogP contribution in [0.15, 0.2) is 64.4 Å². The van der Waals surface area contributed by atoms with Gasteiger partial charge in [0.1, 0.15) is 15.6 Å². The first-order chi connectivity index (χ1) is 7.75. The van der Waals surface area contributed by atoms with Crippen LogP contribution >= 0.6 is 10.8 Å². The van der Waals surface area contributed by atoms with Crippen molar-refractivity contribution in [3.05, 3.63) is 54.6 Å². The van der Waals surface area contributed by atoms with E-state index in [1.54, 1.807) is 24.3 Å². The number of hydrogen-bond donors (Lipinski definition) is 1. The Balaban J connectivity index is 2.11. The molecule has 1 N–H and O–H groups in total. The fourth-order valence-electron chi connectivity index (χ4n) is 1.17. The van der Waals surface area contributed by atoms with Gasteiger partial charge in [0.15, 0.2) is 0 Å². The molecule has 2 aromatic rings. The zero-order chi connectivity index (χ0) is 11.4. The summed E-state index contributed by atoms with van der Waals surface area (Å²) in [4.78, 5) is 1.67. The van der Waals surface area contributed by atoms with Gasteiger partial charge in [0.25, 0.3) is 0 Å². The highest BCUT2D eigenvalue weighted by atomic mass is 33.1. The largest absolute Gasteiger partial charge is 0.508 e. The second-order valence-electron chi connectivity index (χ2n) is 3.12. The maximum absolute atomic E-state index is 11.9. The summed E-state index contributed by atoms with van der Waals surface area (Å²) >= 11 is 0. The van der Waals surface area contributed by atoms with E-state index in [4.69, 9.17) is 5.11 Å². The van der Waals surface area contributed by atoms with Crippen molar-refractivity contribution >= 4 is 20.6 Å². The molecule has 2 rings (SSSR count). The molecule has 0 aliphatic heterocycles. The van der Waals surface area contributed by atoms with Crippen molar-refractivity contribution in [3.8, 4) is 5.75 Å². The van der Waals surface area contributed by atoms with Crippen LogP contribution in [-0.4, -0.2) is 9.32 Å². The third-order valence-electron chi connectivity index (χ3n) is 1.94. The van der Waals surface area contributed by atoms with Gasteiger partial charge in [-0.15, -0.1) is 0 Å². The molecule has 0 spiro atoms. The molecule has 0 radical (unpaired) electrons. The Morgan fingerprint density at radius 3 is 2.19 bits per heavy atom. The molecule has 1 atom stereocenters. The molecular weight excluding hydrogens is 240 g/mol. The second kappa shape index (κ2) is 5.18. The van der Waals surface area contributed by atoms with Gasteiger partial charge in [-0.1, -0.05) is 18.2 Å². The number of benzene rings is 2. The lowest BCUT2D eigenvalue weighted by Crippen LogP contribution is -1.84. The average Bonchev–Trinajstić information content (AvgIpc) is 2.33. The molecule has 82 valence electrons. The number of hydrogen-bond acceptors (Lipinski definition) is 3. The number of rotatable bonds is 3. The Labute approximate surface area is 100 Å². The Bertz CT molecular complexity index is 480. The van der Waals surface area contributed by atoms with Crippen molar-refractivity contribution in [2.24, 2.45) is 0 Å². The van der Waals surface area contributed by atoms with E-state index in [0.717, 1.165) is 9.79 Å². The van der Waals surface area contributed by atoms with Crippen LogP contribution in [0.2, 0.25) is 0 Å². The summed E-state index contributed by atoms with van der Waals surface area (Å²) in [6.45, 7) is 0. The van der Waals surface area contributed by atoms with E-state index in [2.05, 4.69) is 0 Å². The zero-order valence-electron chi connectivity index (χ0n) is 8.37. The second-order valence-corrected chi connectivity index (χ2v) is 6.11. The zero-order valence-corrected chi connectivity index (χ0v) is 10.0. The minimum atomic E-state index is -1.11. The van der Waals surface area contributed by atoms with Gasteiger partial charge in [-0.2, -0.15) is 0 Å². The number of aromatic hydroxyl groups is 1. The predicted octanol–water partition coefficient (Wildman–Crippen LogP) is 3.21. The maximum atomic E-state index is 11.9. The third-order valence-corrected chi connectivity index (χ3v) is 4.83. The van der Waals surface area contributed by atoms with Gasteiger partial charge in [-0.05, 0) is 47.2 Å². The summed E-state index contributed by atoms with van der Waals surface area (Å²) in [6.07, 6.45) is 0. The SMILES string of the molecule is O=S(Sc1ccc(O)cc1)c1ccccc1. The summed E-state index contributed by atoms with van der Waals surface area (Å²) < 4.78 is 11.9. The summed E-state index contributed by atoms with van der Waals surface area (Å²) in [7, 11) is 0.161. The van der Waals surface area contributed by atoms with E-state index in [1.807, 2.05) is 30.3 Å². The molecule has 2 nitrogen and oxygen atoms in total. The molecule has 0 amide bonds. The van der Waals surface area contributed by atoms with Crippen LogP contribution in [-0.2, 0) is 9.83 Å². The number of phenolic OH excluding ortho intramolecular Hbond substituents is 1. The van der Waals surface area contributed by atoms with Crippen molar-refractivity contribution in [2.75, 3.05) is 0 Å². The summed E-state index contributed by atoms with van der Waals surface area (Å²) in [5.41, 5.74) is 0. The average molecular weight is 250 g/mol.